The standard InChI is InChI=1S/C19H32N2/c1-16(2)17-9-11-18(12-10-17)19(20-3)15-21-13-7-5-4-6-8-14-21/h9-12,16,19-20H,4-8,13-15H2,1-3H3. The summed E-state index contributed by atoms with van der Waals surface area (Å²) in [7, 11) is 2.09. The summed E-state index contributed by atoms with van der Waals surface area (Å²) in [5, 5.41) is 3.51. The van der Waals surface area contributed by atoms with Gasteiger partial charge in [-0.1, -0.05) is 57.4 Å². The highest BCUT2D eigenvalue weighted by atomic mass is 15.1. The number of nitrogens with one attached hydrogen (secondary N) is 1. The molecule has 1 aromatic rings. The molecule has 1 heterocycles. The van der Waals surface area contributed by atoms with Crippen molar-refractivity contribution in [2.24, 2.45) is 0 Å². The topological polar surface area (TPSA) is 15.3 Å². The highest BCUT2D eigenvalue weighted by molar-refractivity contribution is 5.27. The van der Waals surface area contributed by atoms with E-state index < -0.39 is 0 Å². The van der Waals surface area contributed by atoms with Gasteiger partial charge >= 0.3 is 0 Å². The maximum absolute atomic E-state index is 3.51. The lowest BCUT2D eigenvalue weighted by atomic mass is 9.98. The second-order valence-electron chi connectivity index (χ2n) is 6.73. The number of benzene rings is 1. The van der Waals surface area contributed by atoms with Crippen LogP contribution in [0, 0.1) is 0 Å². The minimum absolute atomic E-state index is 0.450. The lowest BCUT2D eigenvalue weighted by Crippen LogP contribution is -2.35. The highest BCUT2D eigenvalue weighted by Gasteiger charge is 2.15. The van der Waals surface area contributed by atoms with Crippen molar-refractivity contribution in [3.05, 3.63) is 35.4 Å². The summed E-state index contributed by atoms with van der Waals surface area (Å²) in [4.78, 5) is 2.65. The monoisotopic (exact) mass is 288 g/mol. The molecule has 0 aromatic heterocycles. The van der Waals surface area contributed by atoms with Gasteiger partial charge in [0.25, 0.3) is 0 Å². The van der Waals surface area contributed by atoms with Gasteiger partial charge in [0, 0.05) is 12.6 Å². The summed E-state index contributed by atoms with van der Waals surface area (Å²) < 4.78 is 0. The Bertz CT molecular complexity index is 389. The number of likely N-dealkylation sites (N-methyl/N-ethyl adjacent to an activating group) is 1. The maximum atomic E-state index is 3.51. The van der Waals surface area contributed by atoms with Crippen molar-refractivity contribution in [2.75, 3.05) is 26.7 Å². The largest absolute Gasteiger partial charge is 0.312 e. The molecule has 21 heavy (non-hydrogen) atoms. The summed E-state index contributed by atoms with van der Waals surface area (Å²) in [6, 6.07) is 9.64. The Kier molecular flexibility index (Phi) is 6.72. The van der Waals surface area contributed by atoms with Crippen molar-refractivity contribution in [2.45, 2.75) is 57.9 Å². The van der Waals surface area contributed by atoms with E-state index in [0.717, 1.165) is 6.54 Å². The smallest absolute Gasteiger partial charge is 0.0446 e. The van der Waals surface area contributed by atoms with Crippen molar-refractivity contribution < 1.29 is 0 Å². The molecule has 1 fully saturated rings. The first-order valence-electron chi connectivity index (χ1n) is 8.70. The third-order valence-electron chi connectivity index (χ3n) is 4.74. The molecule has 1 N–H and O–H groups in total. The Morgan fingerprint density at radius 1 is 0.905 bits per heavy atom. The first-order chi connectivity index (χ1) is 10.2. The minimum atomic E-state index is 0.450. The van der Waals surface area contributed by atoms with Crippen LogP contribution in [0.4, 0.5) is 0 Å². The number of rotatable bonds is 5. The zero-order valence-electron chi connectivity index (χ0n) is 14.1. The van der Waals surface area contributed by atoms with E-state index in [1.807, 2.05) is 0 Å². The van der Waals surface area contributed by atoms with Gasteiger partial charge in [-0.3, -0.25) is 0 Å². The number of likely N-dealkylation sites (tertiary alicyclic amines) is 1. The fourth-order valence-corrected chi connectivity index (χ4v) is 3.23. The van der Waals surface area contributed by atoms with Gasteiger partial charge in [-0.15, -0.1) is 0 Å². The van der Waals surface area contributed by atoms with Gasteiger partial charge in [-0.25, -0.2) is 0 Å². The number of hydrogen-bond donors (Lipinski definition) is 1. The highest BCUT2D eigenvalue weighted by Crippen LogP contribution is 2.20. The lowest BCUT2D eigenvalue weighted by Gasteiger charge is -2.29. The van der Waals surface area contributed by atoms with Gasteiger partial charge in [0.2, 0.25) is 0 Å². The molecule has 1 unspecified atom stereocenters. The first-order valence-corrected chi connectivity index (χ1v) is 8.70. The van der Waals surface area contributed by atoms with Crippen LogP contribution in [0.5, 0.6) is 0 Å². The minimum Gasteiger partial charge on any atom is -0.312 e. The zero-order valence-corrected chi connectivity index (χ0v) is 14.1. The fourth-order valence-electron chi connectivity index (χ4n) is 3.23. The molecule has 1 atom stereocenters. The maximum Gasteiger partial charge on any atom is 0.0446 e. The Labute approximate surface area is 130 Å². The molecule has 0 spiro atoms. The van der Waals surface area contributed by atoms with Gasteiger partial charge < -0.3 is 10.2 Å². The molecule has 0 saturated carbocycles. The average Bonchev–Trinajstić information content (AvgIpc) is 2.46. The fraction of sp³-hybridized carbons (Fsp3) is 0.684. The van der Waals surface area contributed by atoms with Crippen LogP contribution >= 0.6 is 0 Å². The Balaban J connectivity index is 1.97. The van der Waals surface area contributed by atoms with Crippen LogP contribution in [-0.4, -0.2) is 31.6 Å². The van der Waals surface area contributed by atoms with Gasteiger partial charge in [-0.2, -0.15) is 0 Å². The molecule has 2 rings (SSSR count). The van der Waals surface area contributed by atoms with E-state index in [4.69, 9.17) is 0 Å². The molecule has 0 amide bonds. The molecule has 1 aliphatic rings. The Morgan fingerprint density at radius 2 is 1.43 bits per heavy atom. The van der Waals surface area contributed by atoms with Crippen molar-refractivity contribution in [1.29, 1.82) is 0 Å². The van der Waals surface area contributed by atoms with Crippen LogP contribution in [0.2, 0.25) is 0 Å². The average molecular weight is 288 g/mol. The molecule has 118 valence electrons. The van der Waals surface area contributed by atoms with E-state index in [9.17, 15) is 0 Å². The van der Waals surface area contributed by atoms with E-state index >= 15 is 0 Å². The summed E-state index contributed by atoms with van der Waals surface area (Å²) in [5.41, 5.74) is 2.85. The normalized spacial score (nSPS) is 19.2. The van der Waals surface area contributed by atoms with Gasteiger partial charge in [-0.05, 0) is 50.0 Å². The molecule has 0 radical (unpaired) electrons. The first kappa shape index (κ1) is 16.5. The quantitative estimate of drug-likeness (QED) is 0.867. The second kappa shape index (κ2) is 8.55. The van der Waals surface area contributed by atoms with Gasteiger partial charge in [0.15, 0.2) is 0 Å². The number of hydrogen-bond acceptors (Lipinski definition) is 2. The zero-order chi connectivity index (χ0) is 15.1. The summed E-state index contributed by atoms with van der Waals surface area (Å²) in [6.45, 7) is 8.18. The summed E-state index contributed by atoms with van der Waals surface area (Å²) >= 11 is 0. The molecular weight excluding hydrogens is 256 g/mol. The summed E-state index contributed by atoms with van der Waals surface area (Å²) in [6.07, 6.45) is 6.97. The van der Waals surface area contributed by atoms with Gasteiger partial charge in [0.1, 0.15) is 0 Å². The number of nitrogens with zero attached hydrogens (tertiary/aromatic N) is 1. The lowest BCUT2D eigenvalue weighted by molar-refractivity contribution is 0.225. The molecular formula is C19H32N2. The van der Waals surface area contributed by atoms with Crippen LogP contribution in [0.1, 0.15) is 69.0 Å². The van der Waals surface area contributed by atoms with Gasteiger partial charge in [0.05, 0.1) is 0 Å². The van der Waals surface area contributed by atoms with Crippen molar-refractivity contribution in [3.63, 3.8) is 0 Å². The molecule has 0 bridgehead atoms. The third-order valence-corrected chi connectivity index (χ3v) is 4.74. The van der Waals surface area contributed by atoms with Crippen molar-refractivity contribution in [1.82, 2.24) is 10.2 Å². The Morgan fingerprint density at radius 3 is 1.95 bits per heavy atom. The van der Waals surface area contributed by atoms with Crippen LogP contribution in [-0.2, 0) is 0 Å². The second-order valence-corrected chi connectivity index (χ2v) is 6.73. The van der Waals surface area contributed by atoms with E-state index in [2.05, 4.69) is 55.4 Å². The molecule has 1 aromatic carbocycles. The molecule has 2 heteroatoms. The van der Waals surface area contributed by atoms with E-state index in [1.165, 1.54) is 56.3 Å². The third kappa shape index (κ3) is 5.12. The van der Waals surface area contributed by atoms with Crippen molar-refractivity contribution in [3.8, 4) is 0 Å². The predicted molar refractivity (Wildman–Crippen MR) is 91.9 cm³/mol. The van der Waals surface area contributed by atoms with Crippen LogP contribution in [0.15, 0.2) is 24.3 Å². The van der Waals surface area contributed by atoms with Crippen LogP contribution in [0.3, 0.4) is 0 Å². The van der Waals surface area contributed by atoms with Crippen molar-refractivity contribution >= 4 is 0 Å². The van der Waals surface area contributed by atoms with E-state index in [0.29, 0.717) is 12.0 Å². The van der Waals surface area contributed by atoms with Crippen LogP contribution < -0.4 is 5.32 Å². The molecule has 1 aliphatic heterocycles. The molecule has 2 nitrogen and oxygen atoms in total. The molecule has 0 aliphatic carbocycles. The van der Waals surface area contributed by atoms with E-state index in [1.54, 1.807) is 0 Å². The predicted octanol–water partition coefficient (Wildman–Crippen LogP) is 4.34. The summed E-state index contributed by atoms with van der Waals surface area (Å²) in [5.74, 6) is 0.612. The van der Waals surface area contributed by atoms with Crippen LogP contribution in [0.25, 0.3) is 0 Å². The Hall–Kier alpha value is -0.860. The molecule has 1 saturated heterocycles. The SMILES string of the molecule is CNC(CN1CCCCCCC1)c1ccc(C(C)C)cc1. The van der Waals surface area contributed by atoms with E-state index in [-0.39, 0.29) is 0 Å².